The standard InChI is InChI=1S/C10H8F3O/c1-6-4-3-5-8(10(11,12)13)9(6)7(2)14/h3-5H,1H2,2H3. The van der Waals surface area contributed by atoms with E-state index < -0.39 is 17.5 Å². The molecule has 0 amide bonds. The number of Topliss-reactive ketones (excluding diaryl/α,β-unsaturated/α-hetero) is 1. The monoisotopic (exact) mass is 201 g/mol. The first kappa shape index (κ1) is 10.8. The van der Waals surface area contributed by atoms with Crippen LogP contribution in [0.4, 0.5) is 13.2 Å². The van der Waals surface area contributed by atoms with Crippen LogP contribution in [0.5, 0.6) is 0 Å². The van der Waals surface area contributed by atoms with Crippen LogP contribution in [0.2, 0.25) is 0 Å². The van der Waals surface area contributed by atoms with E-state index in [4.69, 9.17) is 0 Å². The van der Waals surface area contributed by atoms with E-state index in [1.807, 2.05) is 0 Å². The summed E-state index contributed by atoms with van der Waals surface area (Å²) in [5.74, 6) is -0.622. The van der Waals surface area contributed by atoms with Gasteiger partial charge in [0, 0.05) is 5.56 Å². The minimum Gasteiger partial charge on any atom is -0.294 e. The fourth-order valence-corrected chi connectivity index (χ4v) is 1.25. The molecule has 0 aromatic heterocycles. The van der Waals surface area contributed by atoms with Gasteiger partial charge in [-0.15, -0.1) is 0 Å². The lowest BCUT2D eigenvalue weighted by molar-refractivity contribution is -0.137. The molecule has 1 nitrogen and oxygen atoms in total. The molecule has 1 rings (SSSR count). The molecule has 0 N–H and O–H groups in total. The van der Waals surface area contributed by atoms with E-state index in [9.17, 15) is 18.0 Å². The van der Waals surface area contributed by atoms with Gasteiger partial charge in [-0.1, -0.05) is 12.1 Å². The van der Waals surface area contributed by atoms with Crippen LogP contribution in [-0.2, 0) is 6.18 Å². The van der Waals surface area contributed by atoms with E-state index in [2.05, 4.69) is 6.92 Å². The van der Waals surface area contributed by atoms with Crippen molar-refractivity contribution in [2.75, 3.05) is 0 Å². The van der Waals surface area contributed by atoms with Crippen LogP contribution >= 0.6 is 0 Å². The lowest BCUT2D eigenvalue weighted by Crippen LogP contribution is -2.12. The van der Waals surface area contributed by atoms with Gasteiger partial charge in [0.15, 0.2) is 5.78 Å². The van der Waals surface area contributed by atoms with Crippen LogP contribution in [-0.4, -0.2) is 5.78 Å². The third kappa shape index (κ3) is 1.95. The Balaban J connectivity index is 3.44. The maximum atomic E-state index is 12.4. The number of rotatable bonds is 1. The van der Waals surface area contributed by atoms with Crippen LogP contribution in [0.25, 0.3) is 0 Å². The van der Waals surface area contributed by atoms with Gasteiger partial charge < -0.3 is 0 Å². The highest BCUT2D eigenvalue weighted by Gasteiger charge is 2.34. The Morgan fingerprint density at radius 2 is 1.93 bits per heavy atom. The van der Waals surface area contributed by atoms with Crippen LogP contribution in [0, 0.1) is 6.92 Å². The number of hydrogen-bond donors (Lipinski definition) is 0. The molecule has 0 atom stereocenters. The predicted octanol–water partition coefficient (Wildman–Crippen LogP) is 3.09. The molecule has 0 saturated carbocycles. The van der Waals surface area contributed by atoms with Crippen molar-refractivity contribution < 1.29 is 18.0 Å². The summed E-state index contributed by atoms with van der Waals surface area (Å²) in [6.45, 7) is 4.49. The SMILES string of the molecule is [CH2]c1cccc(C(F)(F)F)c1C(C)=O. The van der Waals surface area contributed by atoms with Gasteiger partial charge in [-0.05, 0) is 25.5 Å². The van der Waals surface area contributed by atoms with E-state index in [1.54, 1.807) is 0 Å². The van der Waals surface area contributed by atoms with Gasteiger partial charge >= 0.3 is 6.18 Å². The van der Waals surface area contributed by atoms with Gasteiger partial charge in [-0.3, -0.25) is 4.79 Å². The summed E-state index contributed by atoms with van der Waals surface area (Å²) in [4.78, 5) is 11.0. The zero-order valence-corrected chi connectivity index (χ0v) is 7.48. The van der Waals surface area contributed by atoms with Crippen LogP contribution in [0.3, 0.4) is 0 Å². The van der Waals surface area contributed by atoms with Crippen LogP contribution in [0.15, 0.2) is 18.2 Å². The number of alkyl halides is 3. The first-order valence-corrected chi connectivity index (χ1v) is 3.87. The fourth-order valence-electron chi connectivity index (χ4n) is 1.25. The van der Waals surface area contributed by atoms with Crippen molar-refractivity contribution in [2.24, 2.45) is 0 Å². The Bertz CT molecular complexity index is 366. The molecule has 14 heavy (non-hydrogen) atoms. The lowest BCUT2D eigenvalue weighted by Gasteiger charge is -2.12. The molecular formula is C10H8F3O. The molecule has 0 bridgehead atoms. The average Bonchev–Trinajstić information content (AvgIpc) is 2.01. The van der Waals surface area contributed by atoms with E-state index in [1.165, 1.54) is 12.1 Å². The number of carbonyl (C=O) groups excluding carboxylic acids is 1. The Morgan fingerprint density at radius 1 is 1.36 bits per heavy atom. The number of carbonyl (C=O) groups is 1. The number of hydrogen-bond acceptors (Lipinski definition) is 1. The summed E-state index contributed by atoms with van der Waals surface area (Å²) < 4.78 is 37.2. The number of ketones is 1. The maximum Gasteiger partial charge on any atom is 0.417 e. The highest BCUT2D eigenvalue weighted by Crippen LogP contribution is 2.33. The number of benzene rings is 1. The highest BCUT2D eigenvalue weighted by atomic mass is 19.4. The summed E-state index contributed by atoms with van der Waals surface area (Å²) in [5, 5.41) is 0. The van der Waals surface area contributed by atoms with Crippen molar-refractivity contribution in [1.29, 1.82) is 0 Å². The molecule has 4 heteroatoms. The summed E-state index contributed by atoms with van der Waals surface area (Å²) in [5.41, 5.74) is -1.16. The third-order valence-corrected chi connectivity index (χ3v) is 1.81. The van der Waals surface area contributed by atoms with Crippen molar-refractivity contribution in [3.05, 3.63) is 41.8 Å². The Morgan fingerprint density at radius 3 is 2.29 bits per heavy atom. The van der Waals surface area contributed by atoms with Gasteiger partial charge in [-0.25, -0.2) is 0 Å². The maximum absolute atomic E-state index is 12.4. The van der Waals surface area contributed by atoms with E-state index in [0.29, 0.717) is 0 Å². The number of halogens is 3. The van der Waals surface area contributed by atoms with Crippen molar-refractivity contribution in [3.63, 3.8) is 0 Å². The van der Waals surface area contributed by atoms with Gasteiger partial charge in [0.1, 0.15) is 0 Å². The second-order valence-corrected chi connectivity index (χ2v) is 2.89. The van der Waals surface area contributed by atoms with Gasteiger partial charge in [-0.2, -0.15) is 13.2 Å². The fraction of sp³-hybridized carbons (Fsp3) is 0.200. The predicted molar refractivity (Wildman–Crippen MR) is 45.9 cm³/mol. The first-order valence-electron chi connectivity index (χ1n) is 3.87. The zero-order chi connectivity index (χ0) is 10.9. The molecule has 0 aliphatic rings. The van der Waals surface area contributed by atoms with E-state index in [-0.39, 0.29) is 11.1 Å². The molecule has 0 unspecified atom stereocenters. The molecule has 75 valence electrons. The zero-order valence-electron chi connectivity index (χ0n) is 7.48. The molecule has 0 aliphatic carbocycles. The van der Waals surface area contributed by atoms with Crippen molar-refractivity contribution >= 4 is 5.78 Å². The smallest absolute Gasteiger partial charge is 0.294 e. The van der Waals surface area contributed by atoms with E-state index in [0.717, 1.165) is 13.0 Å². The highest BCUT2D eigenvalue weighted by molar-refractivity contribution is 5.97. The largest absolute Gasteiger partial charge is 0.417 e. The molecule has 0 saturated heterocycles. The topological polar surface area (TPSA) is 17.1 Å². The third-order valence-electron chi connectivity index (χ3n) is 1.81. The molecule has 0 heterocycles. The Hall–Kier alpha value is -1.32. The molecular weight excluding hydrogens is 193 g/mol. The second-order valence-electron chi connectivity index (χ2n) is 2.89. The first-order chi connectivity index (χ1) is 6.34. The average molecular weight is 201 g/mol. The summed E-state index contributed by atoms with van der Waals surface area (Å²) >= 11 is 0. The van der Waals surface area contributed by atoms with Gasteiger partial charge in [0.2, 0.25) is 0 Å². The molecule has 0 spiro atoms. The summed E-state index contributed by atoms with van der Waals surface area (Å²) in [7, 11) is 0. The minimum atomic E-state index is -4.51. The molecule has 0 fully saturated rings. The van der Waals surface area contributed by atoms with E-state index >= 15 is 0 Å². The molecule has 1 aromatic rings. The molecule has 1 radical (unpaired) electrons. The van der Waals surface area contributed by atoms with Crippen molar-refractivity contribution in [2.45, 2.75) is 13.1 Å². The molecule has 1 aromatic carbocycles. The van der Waals surface area contributed by atoms with Crippen LogP contribution < -0.4 is 0 Å². The summed E-state index contributed by atoms with van der Waals surface area (Å²) in [6.07, 6.45) is -4.51. The summed E-state index contributed by atoms with van der Waals surface area (Å²) in [6, 6.07) is 3.50. The second kappa shape index (κ2) is 3.44. The normalized spacial score (nSPS) is 11.5. The quantitative estimate of drug-likeness (QED) is 0.638. The molecule has 0 aliphatic heterocycles. The Labute approximate surface area is 79.5 Å². The minimum absolute atomic E-state index is 0.104. The van der Waals surface area contributed by atoms with Gasteiger partial charge in [0.25, 0.3) is 0 Å². The Kier molecular flexibility index (Phi) is 2.64. The van der Waals surface area contributed by atoms with Crippen LogP contribution in [0.1, 0.15) is 28.4 Å². The lowest BCUT2D eigenvalue weighted by atomic mass is 9.99. The van der Waals surface area contributed by atoms with Gasteiger partial charge in [0.05, 0.1) is 5.56 Å². The van der Waals surface area contributed by atoms with Crippen molar-refractivity contribution in [3.8, 4) is 0 Å². The van der Waals surface area contributed by atoms with Crippen molar-refractivity contribution in [1.82, 2.24) is 0 Å².